The average molecular weight is 364 g/mol. The first-order chi connectivity index (χ1) is 12.6. The Kier molecular flexibility index (Phi) is 8.84. The molecule has 1 aromatic rings. The molecule has 2 rings (SSSR count). The zero-order valence-electron chi connectivity index (χ0n) is 14.9. The smallest absolute Gasteiger partial charge is 0.251 e. The van der Waals surface area contributed by atoms with Gasteiger partial charge in [0.1, 0.15) is 5.75 Å². The van der Waals surface area contributed by atoms with Crippen molar-refractivity contribution in [1.82, 2.24) is 31.7 Å². The summed E-state index contributed by atoms with van der Waals surface area (Å²) in [5.74, 6) is -0.221. The van der Waals surface area contributed by atoms with E-state index in [0.717, 1.165) is 39.3 Å². The lowest BCUT2D eigenvalue weighted by molar-refractivity contribution is -0.122. The van der Waals surface area contributed by atoms with E-state index in [1.165, 1.54) is 12.1 Å². The van der Waals surface area contributed by atoms with Crippen molar-refractivity contribution in [2.24, 2.45) is 0 Å². The molecule has 0 radical (unpaired) electrons. The van der Waals surface area contributed by atoms with Gasteiger partial charge in [0, 0.05) is 57.9 Å². The molecule has 0 aromatic heterocycles. The van der Waals surface area contributed by atoms with Crippen LogP contribution in [0.2, 0.25) is 0 Å². The van der Waals surface area contributed by atoms with Crippen LogP contribution >= 0.6 is 0 Å². The molecule has 0 atom stereocenters. The molecule has 1 aliphatic rings. The van der Waals surface area contributed by atoms with Crippen LogP contribution in [0.3, 0.4) is 0 Å². The van der Waals surface area contributed by atoms with E-state index < -0.39 is 0 Å². The third-order valence-electron chi connectivity index (χ3n) is 3.87. The number of carbonyl (C=O) groups is 2. The maximum atomic E-state index is 12.0. The van der Waals surface area contributed by atoms with E-state index in [1.807, 2.05) is 5.01 Å². The topological polar surface area (TPSA) is 118 Å². The second kappa shape index (κ2) is 11.4. The minimum absolute atomic E-state index is 0.0959. The number of phenolic OH excluding ortho intramolecular Hbond substituents is 1. The number of nitrogens with zero attached hydrogens (tertiary/aromatic N) is 1. The zero-order chi connectivity index (χ0) is 18.6. The molecule has 144 valence electrons. The highest BCUT2D eigenvalue weighted by Gasteiger charge is 2.11. The Balaban J connectivity index is 1.62. The highest BCUT2D eigenvalue weighted by atomic mass is 16.3. The Morgan fingerprint density at radius 2 is 1.62 bits per heavy atom. The Morgan fingerprint density at radius 3 is 2.38 bits per heavy atom. The molecule has 26 heavy (non-hydrogen) atoms. The molecule has 9 heteroatoms. The normalized spacial score (nSPS) is 16.6. The van der Waals surface area contributed by atoms with Gasteiger partial charge in [0.15, 0.2) is 0 Å². The van der Waals surface area contributed by atoms with Crippen LogP contribution < -0.4 is 26.7 Å². The number of phenols is 1. The van der Waals surface area contributed by atoms with Gasteiger partial charge < -0.3 is 26.4 Å². The number of benzene rings is 1. The minimum atomic E-state index is -0.240. The highest BCUT2D eigenvalue weighted by molar-refractivity contribution is 5.94. The van der Waals surface area contributed by atoms with E-state index in [1.54, 1.807) is 12.1 Å². The molecule has 0 spiro atoms. The van der Waals surface area contributed by atoms with Crippen molar-refractivity contribution in [2.45, 2.75) is 0 Å². The predicted molar refractivity (Wildman–Crippen MR) is 98.8 cm³/mol. The average Bonchev–Trinajstić information content (AvgIpc) is 2.64. The Hall–Kier alpha value is -2.20. The molecule has 0 saturated carbocycles. The van der Waals surface area contributed by atoms with Crippen molar-refractivity contribution in [3.63, 3.8) is 0 Å². The fourth-order valence-electron chi connectivity index (χ4n) is 2.48. The molecule has 1 saturated heterocycles. The molecule has 1 aromatic carbocycles. The Labute approximate surface area is 153 Å². The second-order valence-electron chi connectivity index (χ2n) is 5.98. The van der Waals surface area contributed by atoms with Gasteiger partial charge in [-0.3, -0.25) is 15.0 Å². The van der Waals surface area contributed by atoms with Crippen molar-refractivity contribution in [1.29, 1.82) is 0 Å². The number of rotatable bonds is 6. The van der Waals surface area contributed by atoms with Crippen molar-refractivity contribution in [3.05, 3.63) is 29.8 Å². The molecule has 0 unspecified atom stereocenters. The third kappa shape index (κ3) is 7.79. The first-order valence-electron chi connectivity index (χ1n) is 8.89. The van der Waals surface area contributed by atoms with Crippen molar-refractivity contribution >= 4 is 11.8 Å². The number of hydrazine groups is 1. The van der Waals surface area contributed by atoms with Crippen LogP contribution in [0, 0.1) is 0 Å². The summed E-state index contributed by atoms with van der Waals surface area (Å²) < 4.78 is 0. The van der Waals surface area contributed by atoms with E-state index in [2.05, 4.69) is 26.7 Å². The number of amides is 2. The second-order valence-corrected chi connectivity index (χ2v) is 5.98. The van der Waals surface area contributed by atoms with Gasteiger partial charge in [-0.25, -0.2) is 5.01 Å². The number of aromatic hydroxyl groups is 1. The van der Waals surface area contributed by atoms with Gasteiger partial charge in [-0.2, -0.15) is 0 Å². The standard InChI is InChI=1S/C17H28N6O3/c24-15-3-1-14(2-4-15)17(26)21-9-8-20-16(25)13-23-12-11-19-6-5-18-7-10-22-23/h1-4,18-19,22,24H,5-13H2,(H,20,25)(H,21,26). The van der Waals surface area contributed by atoms with Gasteiger partial charge in [0.2, 0.25) is 5.91 Å². The van der Waals surface area contributed by atoms with Crippen molar-refractivity contribution in [3.8, 4) is 5.75 Å². The third-order valence-corrected chi connectivity index (χ3v) is 3.87. The summed E-state index contributed by atoms with van der Waals surface area (Å²) in [5, 5.41) is 23.2. The number of hydrogen-bond acceptors (Lipinski definition) is 7. The summed E-state index contributed by atoms with van der Waals surface area (Å²) in [5.41, 5.74) is 3.70. The van der Waals surface area contributed by atoms with Crippen molar-refractivity contribution < 1.29 is 14.7 Å². The molecule has 1 aliphatic heterocycles. The molecular formula is C17H28N6O3. The van der Waals surface area contributed by atoms with Gasteiger partial charge in [-0.1, -0.05) is 0 Å². The fraction of sp³-hybridized carbons (Fsp3) is 0.529. The lowest BCUT2D eigenvalue weighted by Gasteiger charge is -2.24. The Bertz CT molecular complexity index is 556. The molecule has 0 bridgehead atoms. The molecule has 0 aliphatic carbocycles. The highest BCUT2D eigenvalue weighted by Crippen LogP contribution is 2.09. The van der Waals surface area contributed by atoms with Crippen LogP contribution in [0.15, 0.2) is 24.3 Å². The van der Waals surface area contributed by atoms with Crippen LogP contribution in [0.25, 0.3) is 0 Å². The summed E-state index contributed by atoms with van der Waals surface area (Å²) >= 11 is 0. The van der Waals surface area contributed by atoms with Crippen LogP contribution in [0.1, 0.15) is 10.4 Å². The molecule has 9 nitrogen and oxygen atoms in total. The molecule has 1 fully saturated rings. The SMILES string of the molecule is O=C(CN1CCNCCNCCN1)NCCNC(=O)c1ccc(O)cc1. The van der Waals surface area contributed by atoms with Gasteiger partial charge >= 0.3 is 0 Å². The maximum Gasteiger partial charge on any atom is 0.251 e. The van der Waals surface area contributed by atoms with Gasteiger partial charge in [0.05, 0.1) is 6.54 Å². The molecule has 2 amide bonds. The van der Waals surface area contributed by atoms with E-state index in [4.69, 9.17) is 0 Å². The fourth-order valence-corrected chi connectivity index (χ4v) is 2.48. The van der Waals surface area contributed by atoms with E-state index in [9.17, 15) is 14.7 Å². The monoisotopic (exact) mass is 364 g/mol. The van der Waals surface area contributed by atoms with Crippen LogP contribution in [-0.4, -0.2) is 80.8 Å². The first kappa shape index (κ1) is 20.1. The number of nitrogens with one attached hydrogen (secondary N) is 5. The van der Waals surface area contributed by atoms with Crippen molar-refractivity contribution in [2.75, 3.05) is 58.9 Å². The number of carbonyl (C=O) groups excluding carboxylic acids is 2. The first-order valence-corrected chi connectivity index (χ1v) is 8.89. The summed E-state index contributed by atoms with van der Waals surface area (Å²) in [6, 6.07) is 6.01. The molecular weight excluding hydrogens is 336 g/mol. The minimum Gasteiger partial charge on any atom is -0.508 e. The molecule has 6 N–H and O–H groups in total. The van der Waals surface area contributed by atoms with Gasteiger partial charge in [-0.15, -0.1) is 0 Å². The van der Waals surface area contributed by atoms with Gasteiger partial charge in [0.25, 0.3) is 5.91 Å². The summed E-state index contributed by atoms with van der Waals surface area (Å²) in [6.07, 6.45) is 0. The van der Waals surface area contributed by atoms with E-state index in [0.29, 0.717) is 18.7 Å². The predicted octanol–water partition coefficient (Wildman–Crippen LogP) is -1.76. The summed E-state index contributed by atoms with van der Waals surface area (Å²) in [6.45, 7) is 5.99. The lowest BCUT2D eigenvalue weighted by atomic mass is 10.2. The lowest BCUT2D eigenvalue weighted by Crippen LogP contribution is -2.51. The maximum absolute atomic E-state index is 12.0. The van der Waals surface area contributed by atoms with Gasteiger partial charge in [-0.05, 0) is 24.3 Å². The Morgan fingerprint density at radius 1 is 0.962 bits per heavy atom. The summed E-state index contributed by atoms with van der Waals surface area (Å²) in [4.78, 5) is 24.0. The molecule has 1 heterocycles. The van der Waals surface area contributed by atoms with Crippen LogP contribution in [0.5, 0.6) is 5.75 Å². The van der Waals surface area contributed by atoms with E-state index in [-0.39, 0.29) is 24.1 Å². The summed E-state index contributed by atoms with van der Waals surface area (Å²) in [7, 11) is 0. The quantitative estimate of drug-likeness (QED) is 0.331. The zero-order valence-corrected chi connectivity index (χ0v) is 14.9. The number of hydrogen-bond donors (Lipinski definition) is 6. The van der Waals surface area contributed by atoms with E-state index >= 15 is 0 Å². The van der Waals surface area contributed by atoms with Crippen LogP contribution in [0.4, 0.5) is 0 Å². The largest absolute Gasteiger partial charge is 0.508 e. The van der Waals surface area contributed by atoms with Crippen LogP contribution in [-0.2, 0) is 4.79 Å².